The van der Waals surface area contributed by atoms with E-state index < -0.39 is 17.2 Å². The summed E-state index contributed by atoms with van der Waals surface area (Å²) in [5.41, 5.74) is 0.737. The molecule has 2 aromatic rings. The fourth-order valence-electron chi connectivity index (χ4n) is 1.66. The van der Waals surface area contributed by atoms with Crippen molar-refractivity contribution in [3.8, 4) is 0 Å². The standard InChI is InChI=1S/C15H13F2NOS/c1-2-10-3-5-11(6-4-10)20-18-14-8-7-13(16)12(9-19)15(14)17/h3-9,18H,2H2,1H3. The number of halogens is 2. The first-order valence-corrected chi connectivity index (χ1v) is 6.92. The van der Waals surface area contributed by atoms with Crippen LogP contribution in [0.1, 0.15) is 22.8 Å². The fourth-order valence-corrected chi connectivity index (χ4v) is 2.32. The first-order chi connectivity index (χ1) is 9.65. The van der Waals surface area contributed by atoms with Crippen molar-refractivity contribution in [2.24, 2.45) is 0 Å². The van der Waals surface area contributed by atoms with Crippen LogP contribution in [0.25, 0.3) is 0 Å². The molecule has 1 N–H and O–H groups in total. The molecular formula is C15H13F2NOS. The number of aldehydes is 1. The van der Waals surface area contributed by atoms with E-state index in [2.05, 4.69) is 11.6 Å². The minimum atomic E-state index is -0.877. The fraction of sp³-hybridized carbons (Fsp3) is 0.133. The molecule has 104 valence electrons. The van der Waals surface area contributed by atoms with Gasteiger partial charge in [-0.2, -0.15) is 0 Å². The van der Waals surface area contributed by atoms with E-state index in [0.29, 0.717) is 0 Å². The quantitative estimate of drug-likeness (QED) is 0.652. The molecule has 0 saturated heterocycles. The van der Waals surface area contributed by atoms with Crippen molar-refractivity contribution in [1.29, 1.82) is 0 Å². The second-order valence-corrected chi connectivity index (χ2v) is 5.02. The van der Waals surface area contributed by atoms with E-state index in [1.54, 1.807) is 0 Å². The zero-order valence-corrected chi connectivity index (χ0v) is 11.6. The van der Waals surface area contributed by atoms with Gasteiger partial charge in [-0.05, 0) is 48.2 Å². The Morgan fingerprint density at radius 1 is 1.15 bits per heavy atom. The number of aryl methyl sites for hydroxylation is 1. The average molecular weight is 293 g/mol. The van der Waals surface area contributed by atoms with E-state index in [1.165, 1.54) is 23.6 Å². The lowest BCUT2D eigenvalue weighted by Gasteiger charge is -2.08. The Hall–Kier alpha value is -1.88. The number of hydrogen-bond donors (Lipinski definition) is 1. The molecule has 0 aliphatic carbocycles. The summed E-state index contributed by atoms with van der Waals surface area (Å²) >= 11 is 1.20. The first-order valence-electron chi connectivity index (χ1n) is 6.10. The van der Waals surface area contributed by atoms with E-state index >= 15 is 0 Å². The molecule has 0 unspecified atom stereocenters. The molecule has 0 aromatic heterocycles. The van der Waals surface area contributed by atoms with Gasteiger partial charge in [0.1, 0.15) is 5.82 Å². The highest BCUT2D eigenvalue weighted by Gasteiger charge is 2.12. The van der Waals surface area contributed by atoms with Crippen LogP contribution in [0.2, 0.25) is 0 Å². The van der Waals surface area contributed by atoms with Crippen LogP contribution in [0.4, 0.5) is 14.5 Å². The van der Waals surface area contributed by atoms with Crippen LogP contribution in [-0.4, -0.2) is 6.29 Å². The molecule has 0 atom stereocenters. The first kappa shape index (κ1) is 14.5. The summed E-state index contributed by atoms with van der Waals surface area (Å²) in [5.74, 6) is -1.74. The second kappa shape index (κ2) is 6.52. The maximum Gasteiger partial charge on any atom is 0.160 e. The lowest BCUT2D eigenvalue weighted by atomic mass is 10.2. The predicted octanol–water partition coefficient (Wildman–Crippen LogP) is 4.46. The molecule has 0 aliphatic rings. The van der Waals surface area contributed by atoms with Gasteiger partial charge < -0.3 is 4.72 Å². The van der Waals surface area contributed by atoms with Gasteiger partial charge in [0.05, 0.1) is 11.3 Å². The van der Waals surface area contributed by atoms with Crippen LogP contribution in [0.15, 0.2) is 41.3 Å². The molecule has 0 radical (unpaired) electrons. The Kier molecular flexibility index (Phi) is 4.74. The maximum absolute atomic E-state index is 13.8. The summed E-state index contributed by atoms with van der Waals surface area (Å²) in [6, 6.07) is 10.1. The van der Waals surface area contributed by atoms with Gasteiger partial charge >= 0.3 is 0 Å². The molecule has 0 spiro atoms. The average Bonchev–Trinajstić information content (AvgIpc) is 2.47. The number of rotatable bonds is 5. The van der Waals surface area contributed by atoms with Gasteiger partial charge in [0.15, 0.2) is 12.1 Å². The third kappa shape index (κ3) is 3.17. The van der Waals surface area contributed by atoms with Crippen molar-refractivity contribution in [2.45, 2.75) is 18.2 Å². The summed E-state index contributed by atoms with van der Waals surface area (Å²) in [7, 11) is 0. The minimum absolute atomic E-state index is 0.0815. The summed E-state index contributed by atoms with van der Waals surface area (Å²) in [6.45, 7) is 2.06. The Balaban J connectivity index is 2.12. The highest BCUT2D eigenvalue weighted by molar-refractivity contribution is 8.00. The molecule has 0 fully saturated rings. The van der Waals surface area contributed by atoms with Crippen molar-refractivity contribution in [3.05, 3.63) is 59.2 Å². The van der Waals surface area contributed by atoms with Gasteiger partial charge in [0.2, 0.25) is 0 Å². The highest BCUT2D eigenvalue weighted by atomic mass is 32.2. The molecular weight excluding hydrogens is 280 g/mol. The van der Waals surface area contributed by atoms with Crippen molar-refractivity contribution in [3.63, 3.8) is 0 Å². The molecule has 0 bridgehead atoms. The number of benzene rings is 2. The summed E-state index contributed by atoms with van der Waals surface area (Å²) < 4.78 is 29.8. The van der Waals surface area contributed by atoms with E-state index in [-0.39, 0.29) is 12.0 Å². The highest BCUT2D eigenvalue weighted by Crippen LogP contribution is 2.26. The monoisotopic (exact) mass is 293 g/mol. The number of carbonyl (C=O) groups is 1. The molecule has 0 saturated carbocycles. The third-order valence-corrected chi connectivity index (χ3v) is 3.68. The number of anilines is 1. The number of nitrogens with one attached hydrogen (secondary N) is 1. The molecule has 2 rings (SSSR count). The molecule has 2 nitrogen and oxygen atoms in total. The van der Waals surface area contributed by atoms with Crippen molar-refractivity contribution in [1.82, 2.24) is 0 Å². The minimum Gasteiger partial charge on any atom is -0.323 e. The van der Waals surface area contributed by atoms with E-state index in [9.17, 15) is 13.6 Å². The number of carbonyl (C=O) groups excluding carboxylic acids is 1. The van der Waals surface area contributed by atoms with Crippen LogP contribution in [0, 0.1) is 11.6 Å². The third-order valence-electron chi connectivity index (χ3n) is 2.85. The van der Waals surface area contributed by atoms with Gasteiger partial charge in [-0.3, -0.25) is 4.79 Å². The largest absolute Gasteiger partial charge is 0.323 e. The zero-order valence-electron chi connectivity index (χ0n) is 10.8. The molecule has 0 aliphatic heterocycles. The molecule has 2 aromatic carbocycles. The SMILES string of the molecule is CCc1ccc(SNc2ccc(F)c(C=O)c2F)cc1. The zero-order chi connectivity index (χ0) is 14.5. The molecule has 0 amide bonds. The van der Waals surface area contributed by atoms with Crippen molar-refractivity contribution >= 4 is 23.9 Å². The van der Waals surface area contributed by atoms with Crippen LogP contribution in [-0.2, 0) is 6.42 Å². The Morgan fingerprint density at radius 2 is 1.85 bits per heavy atom. The van der Waals surface area contributed by atoms with Gasteiger partial charge in [-0.15, -0.1) is 0 Å². The van der Waals surface area contributed by atoms with E-state index in [4.69, 9.17) is 0 Å². The normalized spacial score (nSPS) is 10.3. The topological polar surface area (TPSA) is 29.1 Å². The summed E-state index contributed by atoms with van der Waals surface area (Å²) in [6.07, 6.45) is 1.13. The smallest absolute Gasteiger partial charge is 0.160 e. The lowest BCUT2D eigenvalue weighted by molar-refractivity contribution is 0.111. The van der Waals surface area contributed by atoms with E-state index in [1.807, 2.05) is 24.3 Å². The lowest BCUT2D eigenvalue weighted by Crippen LogP contribution is -1.98. The Labute approximate surface area is 120 Å². The van der Waals surface area contributed by atoms with Crippen LogP contribution in [0.3, 0.4) is 0 Å². The summed E-state index contributed by atoms with van der Waals surface area (Å²) in [5, 5.41) is 0. The van der Waals surface area contributed by atoms with Crippen LogP contribution in [0.5, 0.6) is 0 Å². The Morgan fingerprint density at radius 3 is 2.45 bits per heavy atom. The van der Waals surface area contributed by atoms with Gasteiger partial charge in [0.25, 0.3) is 0 Å². The predicted molar refractivity (Wildman–Crippen MR) is 77.0 cm³/mol. The molecule has 20 heavy (non-hydrogen) atoms. The van der Waals surface area contributed by atoms with Crippen molar-refractivity contribution in [2.75, 3.05) is 4.72 Å². The van der Waals surface area contributed by atoms with Crippen molar-refractivity contribution < 1.29 is 13.6 Å². The van der Waals surface area contributed by atoms with Gasteiger partial charge in [-0.25, -0.2) is 8.78 Å². The number of hydrogen-bond acceptors (Lipinski definition) is 3. The Bertz CT molecular complexity index is 614. The molecule has 0 heterocycles. The molecule has 5 heteroatoms. The summed E-state index contributed by atoms with van der Waals surface area (Å²) in [4.78, 5) is 11.5. The second-order valence-electron chi connectivity index (χ2n) is 4.14. The van der Waals surface area contributed by atoms with E-state index in [0.717, 1.165) is 17.4 Å². The van der Waals surface area contributed by atoms with Crippen LogP contribution >= 0.6 is 11.9 Å². The van der Waals surface area contributed by atoms with Gasteiger partial charge in [0, 0.05) is 4.90 Å². The maximum atomic E-state index is 13.8. The van der Waals surface area contributed by atoms with Gasteiger partial charge in [-0.1, -0.05) is 19.1 Å². The van der Waals surface area contributed by atoms with Crippen LogP contribution < -0.4 is 4.72 Å².